The van der Waals surface area contributed by atoms with Crippen LogP contribution in [0.5, 0.6) is 0 Å². The molecule has 0 atom stereocenters. The maximum absolute atomic E-state index is 10.7. The van der Waals surface area contributed by atoms with E-state index in [1.165, 1.54) is 6.92 Å². The number of hydrogen-bond donors (Lipinski definition) is 2. The third-order valence-electron chi connectivity index (χ3n) is 1.55. The molecule has 0 aliphatic carbocycles. The van der Waals surface area contributed by atoms with Crippen molar-refractivity contribution in [2.45, 2.75) is 13.8 Å². The normalized spacial score (nSPS) is 11.7. The molecule has 0 aliphatic heterocycles. The minimum atomic E-state index is -1.14. The third-order valence-corrected chi connectivity index (χ3v) is 1.55. The summed E-state index contributed by atoms with van der Waals surface area (Å²) < 4.78 is 0. The molecule has 0 fully saturated rings. The zero-order chi connectivity index (χ0) is 10.6. The predicted molar refractivity (Wildman–Crippen MR) is 47.8 cm³/mol. The van der Waals surface area contributed by atoms with Crippen LogP contribution in [0.15, 0.2) is 11.4 Å². The first-order valence-electron chi connectivity index (χ1n) is 3.75. The average molecular weight is 186 g/mol. The molecule has 1 amide bonds. The van der Waals surface area contributed by atoms with Gasteiger partial charge in [-0.25, -0.2) is 4.79 Å². The topological polar surface area (TPSA) is 69.6 Å². The zero-order valence-corrected chi connectivity index (χ0v) is 8.21. The van der Waals surface area contributed by atoms with Crippen molar-refractivity contribution in [2.75, 3.05) is 14.1 Å². The molecule has 0 aromatic rings. The summed E-state index contributed by atoms with van der Waals surface area (Å²) in [6.45, 7) is 2.89. The highest BCUT2D eigenvalue weighted by molar-refractivity contribution is 5.92. The number of aliphatic carboxylic acids is 1. The molecule has 0 spiro atoms. The first-order valence-corrected chi connectivity index (χ1v) is 3.75. The Kier molecular flexibility index (Phi) is 3.97. The van der Waals surface area contributed by atoms with Crippen molar-refractivity contribution in [3.05, 3.63) is 11.4 Å². The summed E-state index contributed by atoms with van der Waals surface area (Å²) in [7, 11) is 3.42. The van der Waals surface area contributed by atoms with Crippen LogP contribution in [-0.2, 0) is 9.59 Å². The van der Waals surface area contributed by atoms with E-state index in [9.17, 15) is 9.59 Å². The zero-order valence-electron chi connectivity index (χ0n) is 8.21. The minimum Gasteiger partial charge on any atom is -0.477 e. The number of nitrogens with zero attached hydrogens (tertiary/aromatic N) is 1. The third kappa shape index (κ3) is 3.59. The Morgan fingerprint density at radius 1 is 1.23 bits per heavy atom. The van der Waals surface area contributed by atoms with Crippen LogP contribution in [0, 0.1) is 0 Å². The van der Waals surface area contributed by atoms with Crippen molar-refractivity contribution < 1.29 is 14.7 Å². The number of carboxylic acids is 1. The van der Waals surface area contributed by atoms with Crippen LogP contribution in [0.1, 0.15) is 13.8 Å². The lowest BCUT2D eigenvalue weighted by molar-refractivity contribution is -0.134. The van der Waals surface area contributed by atoms with Gasteiger partial charge < -0.3 is 15.3 Å². The molecule has 0 bridgehead atoms. The number of carbonyl (C=O) groups is 2. The van der Waals surface area contributed by atoms with Crippen LogP contribution in [0.2, 0.25) is 0 Å². The van der Waals surface area contributed by atoms with Gasteiger partial charge in [-0.15, -0.1) is 0 Å². The lowest BCUT2D eigenvalue weighted by atomic mass is 10.3. The van der Waals surface area contributed by atoms with E-state index in [-0.39, 0.29) is 5.70 Å². The van der Waals surface area contributed by atoms with Crippen LogP contribution in [0.4, 0.5) is 0 Å². The number of hydrogen-bond acceptors (Lipinski definition) is 3. The number of amides is 1. The van der Waals surface area contributed by atoms with Gasteiger partial charge in [0.25, 0.3) is 0 Å². The van der Waals surface area contributed by atoms with E-state index in [4.69, 9.17) is 5.11 Å². The molecule has 13 heavy (non-hydrogen) atoms. The van der Waals surface area contributed by atoms with Crippen LogP contribution < -0.4 is 5.32 Å². The summed E-state index contributed by atoms with van der Waals surface area (Å²) in [4.78, 5) is 23.0. The molecule has 0 aromatic carbocycles. The molecular formula is C8H14N2O3. The second-order valence-electron chi connectivity index (χ2n) is 2.84. The van der Waals surface area contributed by atoms with E-state index in [2.05, 4.69) is 5.32 Å². The van der Waals surface area contributed by atoms with Gasteiger partial charge in [-0.2, -0.15) is 0 Å². The summed E-state index contributed by atoms with van der Waals surface area (Å²) in [6.07, 6.45) is 0. The van der Waals surface area contributed by atoms with Crippen molar-refractivity contribution >= 4 is 11.9 Å². The second-order valence-corrected chi connectivity index (χ2v) is 2.84. The van der Waals surface area contributed by atoms with Gasteiger partial charge in [0.1, 0.15) is 5.70 Å². The summed E-state index contributed by atoms with van der Waals surface area (Å²) in [6, 6.07) is 0. The summed E-state index contributed by atoms with van der Waals surface area (Å²) in [5, 5.41) is 11.0. The first-order chi connectivity index (χ1) is 5.86. The summed E-state index contributed by atoms with van der Waals surface area (Å²) in [5.41, 5.74) is 0.417. The first kappa shape index (κ1) is 11.5. The molecule has 5 heteroatoms. The van der Waals surface area contributed by atoms with Gasteiger partial charge in [-0.1, -0.05) is 0 Å². The van der Waals surface area contributed by atoms with Crippen molar-refractivity contribution in [1.29, 1.82) is 0 Å². The molecule has 0 aliphatic rings. The van der Waals surface area contributed by atoms with Gasteiger partial charge in [0.2, 0.25) is 5.91 Å². The molecule has 5 nitrogen and oxygen atoms in total. The fourth-order valence-electron chi connectivity index (χ4n) is 0.698. The smallest absolute Gasteiger partial charge is 0.354 e. The lowest BCUT2D eigenvalue weighted by Crippen LogP contribution is -2.29. The monoisotopic (exact) mass is 186 g/mol. The molecule has 0 heterocycles. The second kappa shape index (κ2) is 4.49. The standard InChI is InChI=1S/C8H14N2O3/c1-5(10(3)4)7(8(12)13)9-6(2)11/h1-4H3,(H,9,11)(H,12,13)/b7-5+. The Hall–Kier alpha value is -1.52. The minimum absolute atomic E-state index is 0.0856. The Bertz CT molecular complexity index is 256. The maximum atomic E-state index is 10.7. The molecule has 0 aromatic heterocycles. The Morgan fingerprint density at radius 3 is 1.92 bits per heavy atom. The van der Waals surface area contributed by atoms with E-state index < -0.39 is 11.9 Å². The van der Waals surface area contributed by atoms with Crippen molar-refractivity contribution in [3.8, 4) is 0 Å². The van der Waals surface area contributed by atoms with E-state index in [0.717, 1.165) is 0 Å². The van der Waals surface area contributed by atoms with Gasteiger partial charge >= 0.3 is 5.97 Å². The van der Waals surface area contributed by atoms with Gasteiger partial charge in [-0.05, 0) is 6.92 Å². The highest BCUT2D eigenvalue weighted by Crippen LogP contribution is 2.03. The molecule has 0 saturated carbocycles. The SMILES string of the molecule is CC(=O)N/C(C(=O)O)=C(\C)N(C)C. The fourth-order valence-corrected chi connectivity index (χ4v) is 0.698. The molecule has 2 N–H and O–H groups in total. The highest BCUT2D eigenvalue weighted by Gasteiger charge is 2.13. The Morgan fingerprint density at radius 2 is 1.69 bits per heavy atom. The fraction of sp³-hybridized carbons (Fsp3) is 0.500. The largest absolute Gasteiger partial charge is 0.477 e. The van der Waals surface area contributed by atoms with Crippen LogP contribution in [-0.4, -0.2) is 36.0 Å². The average Bonchev–Trinajstić information content (AvgIpc) is 1.97. The molecular weight excluding hydrogens is 172 g/mol. The van der Waals surface area contributed by atoms with E-state index >= 15 is 0 Å². The van der Waals surface area contributed by atoms with Gasteiger partial charge in [0.05, 0.1) is 0 Å². The highest BCUT2D eigenvalue weighted by atomic mass is 16.4. The quantitative estimate of drug-likeness (QED) is 0.609. The Balaban J connectivity index is 4.89. The van der Waals surface area contributed by atoms with Crippen molar-refractivity contribution in [3.63, 3.8) is 0 Å². The predicted octanol–water partition coefficient (Wildman–Crippen LogP) is 0.000200. The number of nitrogens with one attached hydrogen (secondary N) is 1. The number of carboxylic acid groups (broad SMARTS) is 1. The molecule has 0 saturated heterocycles. The maximum Gasteiger partial charge on any atom is 0.354 e. The van der Waals surface area contributed by atoms with Gasteiger partial charge in [0.15, 0.2) is 0 Å². The van der Waals surface area contributed by atoms with E-state index in [0.29, 0.717) is 5.70 Å². The van der Waals surface area contributed by atoms with Gasteiger partial charge in [-0.3, -0.25) is 4.79 Å². The van der Waals surface area contributed by atoms with Crippen molar-refractivity contribution in [1.82, 2.24) is 10.2 Å². The van der Waals surface area contributed by atoms with E-state index in [1.54, 1.807) is 25.9 Å². The van der Waals surface area contributed by atoms with Crippen LogP contribution in [0.3, 0.4) is 0 Å². The van der Waals surface area contributed by atoms with Gasteiger partial charge in [0, 0.05) is 26.7 Å². The Labute approximate surface area is 77.0 Å². The summed E-state index contributed by atoms with van der Waals surface area (Å²) >= 11 is 0. The van der Waals surface area contributed by atoms with Crippen LogP contribution >= 0.6 is 0 Å². The molecule has 74 valence electrons. The number of allylic oxidation sites excluding steroid dienone is 1. The molecule has 0 radical (unpaired) electrons. The molecule has 0 rings (SSSR count). The molecule has 0 unspecified atom stereocenters. The van der Waals surface area contributed by atoms with Crippen molar-refractivity contribution in [2.24, 2.45) is 0 Å². The van der Waals surface area contributed by atoms with Crippen LogP contribution in [0.25, 0.3) is 0 Å². The van der Waals surface area contributed by atoms with E-state index in [1.807, 2.05) is 0 Å². The lowest BCUT2D eigenvalue weighted by Gasteiger charge is -2.16. The summed E-state index contributed by atoms with van der Waals surface area (Å²) in [5.74, 6) is -1.53. The number of rotatable bonds is 3. The number of carbonyl (C=O) groups excluding carboxylic acids is 1.